The first-order valence-electron chi connectivity index (χ1n) is 11.2. The molecule has 0 unspecified atom stereocenters. The van der Waals surface area contributed by atoms with Crippen molar-refractivity contribution in [2.75, 3.05) is 36.0 Å². The number of carbonyl (C=O) groups excluding carboxylic acids is 1. The first kappa shape index (κ1) is 23.3. The first-order chi connectivity index (χ1) is 17.0. The maximum absolute atomic E-state index is 13.1. The summed E-state index contributed by atoms with van der Waals surface area (Å²) >= 11 is 12.2. The lowest BCUT2D eigenvalue weighted by molar-refractivity contribution is 0.0947. The number of rotatable bonds is 5. The summed E-state index contributed by atoms with van der Waals surface area (Å²) in [5, 5.41) is 14.3. The highest BCUT2D eigenvalue weighted by Crippen LogP contribution is 2.30. The van der Waals surface area contributed by atoms with Crippen molar-refractivity contribution in [2.45, 2.75) is 6.54 Å². The molecule has 0 bridgehead atoms. The second kappa shape index (κ2) is 10.1. The lowest BCUT2D eigenvalue weighted by atomic mass is 10.1. The van der Waals surface area contributed by atoms with E-state index in [1.54, 1.807) is 12.1 Å². The Bertz CT molecular complexity index is 1370. The summed E-state index contributed by atoms with van der Waals surface area (Å²) in [7, 11) is 0. The zero-order valence-electron chi connectivity index (χ0n) is 18.7. The average Bonchev–Trinajstić information content (AvgIpc) is 2.89. The SMILES string of the molecule is O=C(NCc1ccc(F)cc1)c1nnc(N2CCN(c3ccc(Cl)c(Cl)c3)CC2)c2ccccc12. The van der Waals surface area contributed by atoms with E-state index in [9.17, 15) is 9.18 Å². The Hall–Kier alpha value is -3.42. The molecule has 0 radical (unpaired) electrons. The normalized spacial score (nSPS) is 13.8. The third-order valence-electron chi connectivity index (χ3n) is 6.10. The summed E-state index contributed by atoms with van der Waals surface area (Å²) in [5.41, 5.74) is 2.09. The number of nitrogens with one attached hydrogen (secondary N) is 1. The van der Waals surface area contributed by atoms with Crippen molar-refractivity contribution in [1.29, 1.82) is 0 Å². The van der Waals surface area contributed by atoms with Gasteiger partial charge in [0.25, 0.3) is 5.91 Å². The second-order valence-electron chi connectivity index (χ2n) is 8.30. The highest BCUT2D eigenvalue weighted by atomic mass is 35.5. The fraction of sp³-hybridized carbons (Fsp3) is 0.192. The van der Waals surface area contributed by atoms with Gasteiger partial charge in [0.2, 0.25) is 0 Å². The molecule has 178 valence electrons. The Labute approximate surface area is 212 Å². The largest absolute Gasteiger partial charge is 0.368 e. The van der Waals surface area contributed by atoms with Crippen LogP contribution in [0.2, 0.25) is 10.0 Å². The number of hydrogen-bond donors (Lipinski definition) is 1. The summed E-state index contributed by atoms with van der Waals surface area (Å²) in [6, 6.07) is 19.3. The molecule has 2 heterocycles. The van der Waals surface area contributed by atoms with E-state index in [0.29, 0.717) is 10.0 Å². The van der Waals surface area contributed by atoms with Crippen LogP contribution in [0, 0.1) is 5.82 Å². The Kier molecular flexibility index (Phi) is 6.70. The van der Waals surface area contributed by atoms with Gasteiger partial charge in [-0.15, -0.1) is 10.2 Å². The summed E-state index contributed by atoms with van der Waals surface area (Å²) in [6.07, 6.45) is 0. The van der Waals surface area contributed by atoms with Crippen molar-refractivity contribution >= 4 is 51.4 Å². The van der Waals surface area contributed by atoms with Gasteiger partial charge in [0.05, 0.1) is 10.0 Å². The molecular formula is C26H22Cl2FN5O. The van der Waals surface area contributed by atoms with Gasteiger partial charge < -0.3 is 15.1 Å². The maximum Gasteiger partial charge on any atom is 0.272 e. The van der Waals surface area contributed by atoms with Crippen molar-refractivity contribution in [3.05, 3.63) is 93.8 Å². The number of carbonyl (C=O) groups is 1. The van der Waals surface area contributed by atoms with E-state index < -0.39 is 0 Å². The highest BCUT2D eigenvalue weighted by Gasteiger charge is 2.23. The van der Waals surface area contributed by atoms with E-state index in [1.807, 2.05) is 42.5 Å². The van der Waals surface area contributed by atoms with E-state index in [0.717, 1.165) is 54.0 Å². The van der Waals surface area contributed by atoms with Crippen LogP contribution in [0.4, 0.5) is 15.9 Å². The topological polar surface area (TPSA) is 61.4 Å². The third-order valence-corrected chi connectivity index (χ3v) is 6.84. The van der Waals surface area contributed by atoms with Gasteiger partial charge in [0, 0.05) is 49.2 Å². The quantitative estimate of drug-likeness (QED) is 0.393. The summed E-state index contributed by atoms with van der Waals surface area (Å²) in [4.78, 5) is 17.3. The molecular weight excluding hydrogens is 488 g/mol. The lowest BCUT2D eigenvalue weighted by Gasteiger charge is -2.37. The van der Waals surface area contributed by atoms with Crippen molar-refractivity contribution in [3.8, 4) is 0 Å². The number of benzene rings is 3. The Morgan fingerprint density at radius 2 is 1.54 bits per heavy atom. The van der Waals surface area contributed by atoms with Crippen LogP contribution in [0.15, 0.2) is 66.7 Å². The van der Waals surface area contributed by atoms with Gasteiger partial charge in [-0.05, 0) is 35.9 Å². The zero-order valence-corrected chi connectivity index (χ0v) is 20.2. The maximum atomic E-state index is 13.1. The van der Waals surface area contributed by atoms with Gasteiger partial charge in [-0.25, -0.2) is 4.39 Å². The molecule has 1 N–H and O–H groups in total. The Morgan fingerprint density at radius 1 is 0.857 bits per heavy atom. The molecule has 0 atom stereocenters. The van der Waals surface area contributed by atoms with Gasteiger partial charge in [-0.2, -0.15) is 0 Å². The molecule has 0 aliphatic carbocycles. The van der Waals surface area contributed by atoms with Gasteiger partial charge in [0.1, 0.15) is 5.82 Å². The highest BCUT2D eigenvalue weighted by molar-refractivity contribution is 6.42. The molecule has 5 rings (SSSR count). The Morgan fingerprint density at radius 3 is 2.26 bits per heavy atom. The molecule has 1 aromatic heterocycles. The standard InChI is InChI=1S/C26H22Cl2FN5O/c27-22-10-9-19(15-23(22)28)33-11-13-34(14-12-33)25-21-4-2-1-3-20(21)24(31-32-25)26(35)30-16-17-5-7-18(29)8-6-17/h1-10,15H,11-14,16H2,(H,30,35). The van der Waals surface area contributed by atoms with Crippen LogP contribution in [0.25, 0.3) is 10.8 Å². The second-order valence-corrected chi connectivity index (χ2v) is 9.11. The smallest absolute Gasteiger partial charge is 0.272 e. The minimum Gasteiger partial charge on any atom is -0.368 e. The summed E-state index contributed by atoms with van der Waals surface area (Å²) < 4.78 is 13.1. The lowest BCUT2D eigenvalue weighted by Crippen LogP contribution is -2.47. The van der Waals surface area contributed by atoms with E-state index >= 15 is 0 Å². The number of piperazine rings is 1. The molecule has 4 aromatic rings. The molecule has 1 fully saturated rings. The predicted octanol–water partition coefficient (Wildman–Crippen LogP) is 5.33. The van der Waals surface area contributed by atoms with Crippen molar-refractivity contribution in [3.63, 3.8) is 0 Å². The van der Waals surface area contributed by atoms with Crippen molar-refractivity contribution in [2.24, 2.45) is 0 Å². The fourth-order valence-electron chi connectivity index (χ4n) is 4.22. The van der Waals surface area contributed by atoms with Crippen LogP contribution in [0.1, 0.15) is 16.1 Å². The van der Waals surface area contributed by atoms with E-state index in [4.69, 9.17) is 23.2 Å². The van der Waals surface area contributed by atoms with E-state index in [-0.39, 0.29) is 24.0 Å². The number of halogens is 3. The zero-order chi connectivity index (χ0) is 24.4. The van der Waals surface area contributed by atoms with Crippen molar-refractivity contribution < 1.29 is 9.18 Å². The summed E-state index contributed by atoms with van der Waals surface area (Å²) in [6.45, 7) is 3.33. The van der Waals surface area contributed by atoms with Gasteiger partial charge in [-0.3, -0.25) is 4.79 Å². The fourth-order valence-corrected chi connectivity index (χ4v) is 4.51. The molecule has 1 aliphatic heterocycles. The molecule has 1 amide bonds. The number of hydrogen-bond acceptors (Lipinski definition) is 5. The molecule has 3 aromatic carbocycles. The average molecular weight is 510 g/mol. The Balaban J connectivity index is 1.33. The van der Waals surface area contributed by atoms with Crippen LogP contribution in [-0.2, 0) is 6.54 Å². The third kappa shape index (κ3) is 5.01. The molecule has 1 saturated heterocycles. The van der Waals surface area contributed by atoms with Crippen LogP contribution >= 0.6 is 23.2 Å². The number of nitrogens with zero attached hydrogens (tertiary/aromatic N) is 4. The molecule has 0 saturated carbocycles. The summed E-state index contributed by atoms with van der Waals surface area (Å²) in [5.74, 6) is 0.115. The number of fused-ring (bicyclic) bond motifs is 1. The molecule has 35 heavy (non-hydrogen) atoms. The van der Waals surface area contributed by atoms with Gasteiger partial charge >= 0.3 is 0 Å². The van der Waals surface area contributed by atoms with Crippen LogP contribution in [0.3, 0.4) is 0 Å². The molecule has 9 heteroatoms. The van der Waals surface area contributed by atoms with Crippen LogP contribution in [-0.4, -0.2) is 42.3 Å². The molecule has 6 nitrogen and oxygen atoms in total. The molecule has 1 aliphatic rings. The van der Waals surface area contributed by atoms with E-state index in [2.05, 4.69) is 25.3 Å². The molecule has 0 spiro atoms. The van der Waals surface area contributed by atoms with Crippen LogP contribution < -0.4 is 15.1 Å². The van der Waals surface area contributed by atoms with Gasteiger partial charge in [-0.1, -0.05) is 59.6 Å². The number of aromatic nitrogens is 2. The minimum absolute atomic E-state index is 0.265. The first-order valence-corrected chi connectivity index (χ1v) is 12.0. The number of amides is 1. The number of anilines is 2. The monoisotopic (exact) mass is 509 g/mol. The van der Waals surface area contributed by atoms with Crippen LogP contribution in [0.5, 0.6) is 0 Å². The van der Waals surface area contributed by atoms with E-state index in [1.165, 1.54) is 12.1 Å². The predicted molar refractivity (Wildman–Crippen MR) is 138 cm³/mol. The van der Waals surface area contributed by atoms with Gasteiger partial charge in [0.15, 0.2) is 11.5 Å². The minimum atomic E-state index is -0.325. The van der Waals surface area contributed by atoms with Crippen molar-refractivity contribution in [1.82, 2.24) is 15.5 Å².